The maximum Gasteiger partial charge on any atom is 0.320 e. The van der Waals surface area contributed by atoms with Gasteiger partial charge in [-0.25, -0.2) is 9.18 Å². The predicted molar refractivity (Wildman–Crippen MR) is 79.1 cm³/mol. The molecule has 0 radical (unpaired) electrons. The molecule has 116 valence electrons. The molecule has 5 nitrogen and oxygen atoms in total. The van der Waals surface area contributed by atoms with Crippen LogP contribution >= 0.6 is 23.2 Å². The lowest BCUT2D eigenvalue weighted by Gasteiger charge is -2.21. The summed E-state index contributed by atoms with van der Waals surface area (Å²) in [6.45, 7) is 0.473. The molecule has 3 atom stereocenters. The second-order valence-corrected chi connectivity index (χ2v) is 5.96. The maximum absolute atomic E-state index is 13.3. The van der Waals surface area contributed by atoms with Crippen LogP contribution in [0.3, 0.4) is 0 Å². The molecule has 1 fully saturated rings. The molecular formula is C13H16Cl2FN3O2. The Kier molecular flexibility index (Phi) is 4.78. The molecule has 1 N–H and O–H groups in total. The van der Waals surface area contributed by atoms with Crippen molar-refractivity contribution in [2.75, 3.05) is 27.2 Å². The summed E-state index contributed by atoms with van der Waals surface area (Å²) >= 11 is 11.8. The number of alkyl halides is 2. The normalized spacial score (nSPS) is 29.4. The first-order valence-electron chi connectivity index (χ1n) is 6.43. The molecule has 0 aromatic heterocycles. The smallest absolute Gasteiger partial charge is 0.320 e. The standard InChI is InChI=1S/C13H16Cl2FN3O2/c1-18-6-9(19(2)13(18)21)12(20)17-5-7-3-4-8(16)11(15)10(7)14/h3-4,8-9,11H,5-6H2,1-2H3,(H,17,20). The molecule has 0 spiro atoms. The summed E-state index contributed by atoms with van der Waals surface area (Å²) in [5.74, 6) is -0.283. The Hall–Kier alpha value is -1.27. The number of amides is 3. The van der Waals surface area contributed by atoms with Crippen molar-refractivity contribution in [3.05, 3.63) is 22.8 Å². The summed E-state index contributed by atoms with van der Waals surface area (Å²) in [4.78, 5) is 26.6. The quantitative estimate of drug-likeness (QED) is 0.794. The summed E-state index contributed by atoms with van der Waals surface area (Å²) in [5.41, 5.74) is 0.569. The number of carbonyl (C=O) groups is 2. The third-order valence-corrected chi connectivity index (χ3v) is 4.66. The van der Waals surface area contributed by atoms with E-state index in [0.29, 0.717) is 12.1 Å². The van der Waals surface area contributed by atoms with Crippen LogP contribution in [0.2, 0.25) is 0 Å². The Morgan fingerprint density at radius 1 is 1.52 bits per heavy atom. The maximum atomic E-state index is 13.3. The summed E-state index contributed by atoms with van der Waals surface area (Å²) in [6, 6.07) is -0.749. The fourth-order valence-electron chi connectivity index (χ4n) is 2.27. The molecule has 1 aliphatic heterocycles. The lowest BCUT2D eigenvalue weighted by molar-refractivity contribution is -0.124. The Morgan fingerprint density at radius 2 is 2.19 bits per heavy atom. The monoisotopic (exact) mass is 335 g/mol. The van der Waals surface area contributed by atoms with E-state index in [-0.39, 0.29) is 23.5 Å². The molecular weight excluding hydrogens is 320 g/mol. The molecule has 1 heterocycles. The number of carbonyl (C=O) groups excluding carboxylic acids is 2. The highest BCUT2D eigenvalue weighted by molar-refractivity contribution is 6.38. The molecule has 3 unspecified atom stereocenters. The van der Waals surface area contributed by atoms with E-state index in [9.17, 15) is 14.0 Å². The van der Waals surface area contributed by atoms with E-state index in [1.807, 2.05) is 0 Å². The van der Waals surface area contributed by atoms with Crippen LogP contribution in [-0.4, -0.2) is 66.5 Å². The number of likely N-dealkylation sites (N-methyl/N-ethyl adjacent to an activating group) is 2. The molecule has 1 aliphatic carbocycles. The molecule has 0 saturated carbocycles. The van der Waals surface area contributed by atoms with Gasteiger partial charge < -0.3 is 15.1 Å². The second-order valence-electron chi connectivity index (χ2n) is 5.09. The minimum atomic E-state index is -1.33. The van der Waals surface area contributed by atoms with E-state index in [4.69, 9.17) is 23.2 Å². The number of halogens is 3. The van der Waals surface area contributed by atoms with Crippen LogP contribution < -0.4 is 5.32 Å². The van der Waals surface area contributed by atoms with Gasteiger partial charge in [-0.2, -0.15) is 0 Å². The first-order chi connectivity index (χ1) is 9.82. The van der Waals surface area contributed by atoms with Crippen molar-refractivity contribution in [1.82, 2.24) is 15.1 Å². The topological polar surface area (TPSA) is 52.7 Å². The Bertz CT molecular complexity index is 524. The van der Waals surface area contributed by atoms with Crippen LogP contribution in [0.5, 0.6) is 0 Å². The van der Waals surface area contributed by atoms with Crippen molar-refractivity contribution < 1.29 is 14.0 Å². The fourth-order valence-corrected chi connectivity index (χ4v) is 2.74. The molecule has 0 bridgehead atoms. The van der Waals surface area contributed by atoms with Gasteiger partial charge in [0.1, 0.15) is 17.6 Å². The largest absolute Gasteiger partial charge is 0.350 e. The molecule has 0 aromatic rings. The first-order valence-corrected chi connectivity index (χ1v) is 7.25. The average Bonchev–Trinajstić information content (AvgIpc) is 2.71. The third-order valence-electron chi connectivity index (χ3n) is 3.61. The van der Waals surface area contributed by atoms with E-state index in [1.54, 1.807) is 14.1 Å². The summed E-state index contributed by atoms with van der Waals surface area (Å²) in [7, 11) is 3.21. The minimum Gasteiger partial charge on any atom is -0.350 e. The Morgan fingerprint density at radius 3 is 2.76 bits per heavy atom. The Balaban J connectivity index is 1.96. The summed E-state index contributed by atoms with van der Waals surface area (Å²) < 4.78 is 13.3. The van der Waals surface area contributed by atoms with Gasteiger partial charge in [-0.05, 0) is 11.6 Å². The Labute approximate surface area is 132 Å². The van der Waals surface area contributed by atoms with Gasteiger partial charge in [-0.3, -0.25) is 4.79 Å². The molecule has 2 aliphatic rings. The zero-order valence-corrected chi connectivity index (χ0v) is 13.2. The van der Waals surface area contributed by atoms with Crippen LogP contribution in [-0.2, 0) is 4.79 Å². The zero-order valence-electron chi connectivity index (χ0n) is 11.6. The van der Waals surface area contributed by atoms with Crippen molar-refractivity contribution in [2.24, 2.45) is 0 Å². The van der Waals surface area contributed by atoms with Crippen molar-refractivity contribution in [2.45, 2.75) is 17.6 Å². The molecule has 1 saturated heterocycles. The van der Waals surface area contributed by atoms with Crippen molar-refractivity contribution >= 4 is 35.1 Å². The lowest BCUT2D eigenvalue weighted by atomic mass is 10.0. The van der Waals surface area contributed by atoms with Gasteiger partial charge in [0.15, 0.2) is 0 Å². The number of allylic oxidation sites excluding steroid dienone is 2. The van der Waals surface area contributed by atoms with Crippen LogP contribution in [0.25, 0.3) is 0 Å². The number of hydrogen-bond donors (Lipinski definition) is 1. The minimum absolute atomic E-state index is 0.145. The molecule has 8 heteroatoms. The third kappa shape index (κ3) is 3.16. The lowest BCUT2D eigenvalue weighted by Crippen LogP contribution is -2.44. The summed E-state index contributed by atoms with van der Waals surface area (Å²) in [6.07, 6.45) is 1.50. The molecule has 2 rings (SSSR count). The SMILES string of the molecule is CN1CC(C(=O)NCC2=C(Cl)C(Cl)C(F)C=C2)N(C)C1=O. The molecule has 0 aromatic carbocycles. The van der Waals surface area contributed by atoms with Gasteiger partial charge in [0.05, 0.1) is 6.54 Å². The van der Waals surface area contributed by atoms with Crippen molar-refractivity contribution in [3.63, 3.8) is 0 Å². The van der Waals surface area contributed by atoms with Gasteiger partial charge in [0.2, 0.25) is 5.91 Å². The van der Waals surface area contributed by atoms with Gasteiger partial charge in [-0.15, -0.1) is 11.6 Å². The number of nitrogens with zero attached hydrogens (tertiary/aromatic N) is 2. The number of rotatable bonds is 3. The van der Waals surface area contributed by atoms with E-state index in [0.717, 1.165) is 0 Å². The highest BCUT2D eigenvalue weighted by Gasteiger charge is 2.37. The number of hydrogen-bond acceptors (Lipinski definition) is 2. The van der Waals surface area contributed by atoms with Crippen molar-refractivity contribution in [3.8, 4) is 0 Å². The number of urea groups is 1. The van der Waals surface area contributed by atoms with E-state index < -0.39 is 17.6 Å². The summed E-state index contributed by atoms with van der Waals surface area (Å²) in [5, 5.41) is 1.97. The predicted octanol–water partition coefficient (Wildman–Crippen LogP) is 1.48. The van der Waals surface area contributed by atoms with Crippen LogP contribution in [0.15, 0.2) is 22.8 Å². The molecule has 21 heavy (non-hydrogen) atoms. The van der Waals surface area contributed by atoms with E-state index >= 15 is 0 Å². The van der Waals surface area contributed by atoms with Crippen LogP contribution in [0, 0.1) is 0 Å². The zero-order chi connectivity index (χ0) is 15.7. The highest BCUT2D eigenvalue weighted by Crippen LogP contribution is 2.29. The number of nitrogens with one attached hydrogen (secondary N) is 1. The van der Waals surface area contributed by atoms with Gasteiger partial charge in [0.25, 0.3) is 0 Å². The van der Waals surface area contributed by atoms with Gasteiger partial charge >= 0.3 is 6.03 Å². The van der Waals surface area contributed by atoms with Crippen molar-refractivity contribution in [1.29, 1.82) is 0 Å². The highest BCUT2D eigenvalue weighted by atomic mass is 35.5. The average molecular weight is 336 g/mol. The molecule has 3 amide bonds. The van der Waals surface area contributed by atoms with Gasteiger partial charge in [0, 0.05) is 25.7 Å². The second kappa shape index (κ2) is 6.23. The first kappa shape index (κ1) is 16.1. The van der Waals surface area contributed by atoms with Crippen LogP contribution in [0.4, 0.5) is 9.18 Å². The fraction of sp³-hybridized carbons (Fsp3) is 0.538. The van der Waals surface area contributed by atoms with E-state index in [2.05, 4.69) is 5.32 Å². The van der Waals surface area contributed by atoms with E-state index in [1.165, 1.54) is 22.0 Å². The van der Waals surface area contributed by atoms with Gasteiger partial charge in [-0.1, -0.05) is 17.7 Å². The van der Waals surface area contributed by atoms with Crippen LogP contribution in [0.1, 0.15) is 0 Å².